The van der Waals surface area contributed by atoms with Crippen molar-refractivity contribution in [3.63, 3.8) is 0 Å². The van der Waals surface area contributed by atoms with Gasteiger partial charge in [0.15, 0.2) is 16.3 Å². The normalized spacial score (nSPS) is 14.0. The van der Waals surface area contributed by atoms with E-state index >= 15 is 0 Å². The van der Waals surface area contributed by atoms with Crippen LogP contribution in [0.15, 0.2) is 47.7 Å². The molecular formula is C20H16N4O3S. The number of fused-ring (bicyclic) bond motifs is 3. The fraction of sp³-hybridized carbons (Fsp3) is 0.200. The van der Waals surface area contributed by atoms with Gasteiger partial charge in [-0.05, 0) is 25.1 Å². The van der Waals surface area contributed by atoms with Crippen molar-refractivity contribution < 1.29 is 14.3 Å². The quantitative estimate of drug-likeness (QED) is 0.524. The highest BCUT2D eigenvalue weighted by Gasteiger charge is 2.16. The van der Waals surface area contributed by atoms with Gasteiger partial charge in [0.2, 0.25) is 0 Å². The molecule has 8 heteroatoms. The smallest absolute Gasteiger partial charge is 0.279 e. The molecule has 0 bridgehead atoms. The Morgan fingerprint density at radius 3 is 2.64 bits per heavy atom. The van der Waals surface area contributed by atoms with Gasteiger partial charge >= 0.3 is 0 Å². The van der Waals surface area contributed by atoms with E-state index < -0.39 is 0 Å². The van der Waals surface area contributed by atoms with Crippen molar-refractivity contribution in [2.75, 3.05) is 13.2 Å². The molecule has 1 aliphatic heterocycles. The van der Waals surface area contributed by atoms with Gasteiger partial charge in [-0.1, -0.05) is 11.3 Å². The first-order valence-electron chi connectivity index (χ1n) is 8.96. The zero-order valence-corrected chi connectivity index (χ0v) is 15.9. The number of aryl methyl sites for hydroxylation is 1. The average Bonchev–Trinajstić information content (AvgIpc) is 3.07. The lowest BCUT2D eigenvalue weighted by atomic mass is 10.2. The van der Waals surface area contributed by atoms with Crippen molar-refractivity contribution in [2.45, 2.75) is 13.5 Å². The first-order chi connectivity index (χ1) is 13.7. The first-order valence-corrected chi connectivity index (χ1v) is 9.77. The Hall–Kier alpha value is -3.26. The van der Waals surface area contributed by atoms with Crippen molar-refractivity contribution in [1.29, 1.82) is 0 Å². The van der Waals surface area contributed by atoms with Crippen LogP contribution in [0.4, 0.5) is 0 Å². The Morgan fingerprint density at radius 1 is 1.11 bits per heavy atom. The van der Waals surface area contributed by atoms with Gasteiger partial charge in [-0.3, -0.25) is 14.8 Å². The third-order valence-corrected chi connectivity index (χ3v) is 5.62. The summed E-state index contributed by atoms with van der Waals surface area (Å²) in [6.45, 7) is 3.79. The number of ether oxygens (including phenoxy) is 2. The van der Waals surface area contributed by atoms with Gasteiger partial charge in [0.25, 0.3) is 5.91 Å². The maximum absolute atomic E-state index is 12.8. The number of hydrogen-bond acceptors (Lipinski definition) is 6. The van der Waals surface area contributed by atoms with Crippen LogP contribution in [0.2, 0.25) is 0 Å². The van der Waals surface area contributed by atoms with Crippen molar-refractivity contribution in [3.8, 4) is 11.5 Å². The molecule has 0 saturated carbocycles. The fourth-order valence-corrected chi connectivity index (χ4v) is 4.35. The second kappa shape index (κ2) is 6.72. The third-order valence-electron chi connectivity index (χ3n) is 4.58. The van der Waals surface area contributed by atoms with Crippen LogP contribution in [-0.2, 0) is 6.54 Å². The molecule has 1 aliphatic rings. The number of thiazole rings is 1. The SMILES string of the molecule is CCn1c(=NC(=O)c2ccc3nccnc3c2)sc2cc3c(cc21)OCCO3. The molecule has 5 rings (SSSR count). The highest BCUT2D eigenvalue weighted by atomic mass is 32.1. The highest BCUT2D eigenvalue weighted by molar-refractivity contribution is 7.16. The number of amides is 1. The molecule has 0 aliphatic carbocycles. The van der Waals surface area contributed by atoms with Crippen LogP contribution in [-0.4, -0.2) is 33.7 Å². The van der Waals surface area contributed by atoms with Crippen LogP contribution in [0.1, 0.15) is 17.3 Å². The molecule has 1 amide bonds. The number of carbonyl (C=O) groups is 1. The Morgan fingerprint density at radius 2 is 1.86 bits per heavy atom. The third kappa shape index (κ3) is 2.82. The molecule has 0 spiro atoms. The lowest BCUT2D eigenvalue weighted by molar-refractivity contribution is 0.0998. The molecule has 0 atom stereocenters. The molecular weight excluding hydrogens is 376 g/mol. The predicted octanol–water partition coefficient (Wildman–Crippen LogP) is 3.18. The highest BCUT2D eigenvalue weighted by Crippen LogP contribution is 2.35. The van der Waals surface area contributed by atoms with Crippen LogP contribution in [0, 0.1) is 0 Å². The van der Waals surface area contributed by atoms with Crippen LogP contribution in [0.3, 0.4) is 0 Å². The summed E-state index contributed by atoms with van der Waals surface area (Å²) in [6.07, 6.45) is 3.24. The van der Waals surface area contributed by atoms with Gasteiger partial charge in [0.05, 0.1) is 21.3 Å². The zero-order chi connectivity index (χ0) is 19.1. The van der Waals surface area contributed by atoms with Crippen molar-refractivity contribution in [3.05, 3.63) is 53.1 Å². The van der Waals surface area contributed by atoms with E-state index in [4.69, 9.17) is 9.47 Å². The Balaban J connectivity index is 1.62. The monoisotopic (exact) mass is 392 g/mol. The van der Waals surface area contributed by atoms with E-state index in [1.807, 2.05) is 23.6 Å². The number of rotatable bonds is 2. The van der Waals surface area contributed by atoms with Crippen LogP contribution in [0.25, 0.3) is 21.3 Å². The molecule has 2 aromatic carbocycles. The minimum absolute atomic E-state index is 0.307. The van der Waals surface area contributed by atoms with E-state index in [1.165, 1.54) is 11.3 Å². The number of carbonyl (C=O) groups excluding carboxylic acids is 1. The van der Waals surface area contributed by atoms with Crippen molar-refractivity contribution >= 4 is 38.5 Å². The molecule has 0 unspecified atom stereocenters. The number of aromatic nitrogens is 3. The second-order valence-electron chi connectivity index (χ2n) is 6.27. The zero-order valence-electron chi connectivity index (χ0n) is 15.1. The standard InChI is InChI=1S/C20H16N4O3S/c1-2-24-15-10-16-17(27-8-7-26-16)11-18(15)28-20(24)23-19(25)12-3-4-13-14(9-12)22-6-5-21-13/h3-6,9-11H,2,7-8H2,1H3. The van der Waals surface area contributed by atoms with Gasteiger partial charge < -0.3 is 14.0 Å². The summed E-state index contributed by atoms with van der Waals surface area (Å²) >= 11 is 1.46. The topological polar surface area (TPSA) is 78.6 Å². The largest absolute Gasteiger partial charge is 0.486 e. The molecule has 0 N–H and O–H groups in total. The lowest BCUT2D eigenvalue weighted by Gasteiger charge is -2.18. The molecule has 2 aromatic heterocycles. The molecule has 140 valence electrons. The molecule has 0 saturated heterocycles. The van der Waals surface area contributed by atoms with E-state index in [0.29, 0.717) is 35.6 Å². The summed E-state index contributed by atoms with van der Waals surface area (Å²) in [5.41, 5.74) is 2.88. The van der Waals surface area contributed by atoms with Gasteiger partial charge in [-0.2, -0.15) is 4.99 Å². The number of hydrogen-bond donors (Lipinski definition) is 0. The summed E-state index contributed by atoms with van der Waals surface area (Å²) in [5, 5.41) is 0. The Bertz CT molecular complexity index is 1290. The maximum Gasteiger partial charge on any atom is 0.279 e. The van der Waals surface area contributed by atoms with Crippen molar-refractivity contribution in [1.82, 2.24) is 14.5 Å². The van der Waals surface area contributed by atoms with Crippen LogP contribution < -0.4 is 14.3 Å². The average molecular weight is 392 g/mol. The van der Waals surface area contributed by atoms with Crippen molar-refractivity contribution in [2.24, 2.45) is 4.99 Å². The number of nitrogens with zero attached hydrogens (tertiary/aromatic N) is 4. The van der Waals surface area contributed by atoms with E-state index in [9.17, 15) is 4.79 Å². The van der Waals surface area contributed by atoms with Gasteiger partial charge in [-0.25, -0.2) is 0 Å². The molecule has 4 aromatic rings. The van der Waals surface area contributed by atoms with E-state index in [-0.39, 0.29) is 5.91 Å². The Labute approximate surface area is 163 Å². The van der Waals surface area contributed by atoms with Gasteiger partial charge in [-0.15, -0.1) is 0 Å². The van der Waals surface area contributed by atoms with E-state index in [1.54, 1.807) is 30.6 Å². The Kier molecular flexibility index (Phi) is 4.05. The van der Waals surface area contributed by atoms with E-state index in [0.717, 1.165) is 27.2 Å². The number of benzene rings is 2. The maximum atomic E-state index is 12.8. The molecule has 28 heavy (non-hydrogen) atoms. The lowest BCUT2D eigenvalue weighted by Crippen LogP contribution is -2.17. The van der Waals surface area contributed by atoms with Gasteiger partial charge in [0, 0.05) is 36.6 Å². The van der Waals surface area contributed by atoms with E-state index in [2.05, 4.69) is 15.0 Å². The minimum Gasteiger partial charge on any atom is -0.486 e. The van der Waals surface area contributed by atoms with Crippen LogP contribution >= 0.6 is 11.3 Å². The summed E-state index contributed by atoms with van der Waals surface area (Å²) in [4.78, 5) is 26.3. The summed E-state index contributed by atoms with van der Waals surface area (Å²) in [6, 6.07) is 9.15. The predicted molar refractivity (Wildman–Crippen MR) is 106 cm³/mol. The van der Waals surface area contributed by atoms with Gasteiger partial charge in [0.1, 0.15) is 13.2 Å². The fourth-order valence-electron chi connectivity index (χ4n) is 3.25. The molecule has 0 radical (unpaired) electrons. The molecule has 3 heterocycles. The molecule has 7 nitrogen and oxygen atoms in total. The van der Waals surface area contributed by atoms with Crippen LogP contribution in [0.5, 0.6) is 11.5 Å². The minimum atomic E-state index is -0.307. The summed E-state index contributed by atoms with van der Waals surface area (Å²) in [5.74, 6) is 1.15. The first kappa shape index (κ1) is 16.9. The molecule has 0 fully saturated rings. The second-order valence-corrected chi connectivity index (χ2v) is 7.28. The summed E-state index contributed by atoms with van der Waals surface area (Å²) < 4.78 is 14.4. The summed E-state index contributed by atoms with van der Waals surface area (Å²) in [7, 11) is 0.